The number of nitrogens with one attached hydrogen (secondary N) is 1. The van der Waals surface area contributed by atoms with Gasteiger partial charge in [0, 0.05) is 17.6 Å². The van der Waals surface area contributed by atoms with Crippen molar-refractivity contribution in [3.8, 4) is 17.4 Å². The molecule has 0 radical (unpaired) electrons. The van der Waals surface area contributed by atoms with E-state index in [4.69, 9.17) is 4.42 Å². The number of benzene rings is 1. The maximum absolute atomic E-state index is 12.6. The van der Waals surface area contributed by atoms with Crippen LogP contribution in [0.4, 0.5) is 0 Å². The van der Waals surface area contributed by atoms with E-state index in [1.807, 2.05) is 18.2 Å². The summed E-state index contributed by atoms with van der Waals surface area (Å²) in [7, 11) is 0. The van der Waals surface area contributed by atoms with E-state index in [1.54, 1.807) is 18.2 Å². The molecular weight excluding hydrogens is 314 g/mol. The Hall–Kier alpha value is -2.58. The number of furan rings is 1. The van der Waals surface area contributed by atoms with Gasteiger partial charge in [-0.2, -0.15) is 5.26 Å². The Kier molecular flexibility index (Phi) is 4.06. The second-order valence-electron chi connectivity index (χ2n) is 6.93. The highest BCUT2D eigenvalue weighted by molar-refractivity contribution is 5.92. The Morgan fingerprint density at radius 2 is 2.00 bits per heavy atom. The second-order valence-corrected chi connectivity index (χ2v) is 6.93. The van der Waals surface area contributed by atoms with Gasteiger partial charge in [0.05, 0.1) is 11.6 Å². The third-order valence-electron chi connectivity index (χ3n) is 5.62. The van der Waals surface area contributed by atoms with Crippen LogP contribution >= 0.6 is 0 Å². The van der Waals surface area contributed by atoms with Crippen LogP contribution in [0.3, 0.4) is 0 Å². The smallest absolute Gasteiger partial charge is 0.287 e. The maximum atomic E-state index is 12.6. The first-order valence-corrected chi connectivity index (χ1v) is 8.81. The predicted molar refractivity (Wildman–Crippen MR) is 93.9 cm³/mol. The predicted octanol–water partition coefficient (Wildman–Crippen LogP) is 3.03. The summed E-state index contributed by atoms with van der Waals surface area (Å²) in [5, 5.41) is 12.4. The highest BCUT2D eigenvalue weighted by Crippen LogP contribution is 2.32. The van der Waals surface area contributed by atoms with Gasteiger partial charge in [-0.1, -0.05) is 12.1 Å². The first-order chi connectivity index (χ1) is 12.2. The number of carbonyl (C=O) groups is 1. The van der Waals surface area contributed by atoms with E-state index in [1.165, 1.54) is 0 Å². The molecule has 2 bridgehead atoms. The van der Waals surface area contributed by atoms with Gasteiger partial charge in [0.2, 0.25) is 0 Å². The van der Waals surface area contributed by atoms with Gasteiger partial charge in [-0.05, 0) is 63.0 Å². The van der Waals surface area contributed by atoms with Gasteiger partial charge in [0.25, 0.3) is 5.91 Å². The largest absolute Gasteiger partial charge is 0.451 e. The first kappa shape index (κ1) is 15.9. The molecule has 1 aromatic heterocycles. The maximum Gasteiger partial charge on any atom is 0.287 e. The monoisotopic (exact) mass is 335 g/mol. The number of nitrogens with zero attached hydrogens (tertiary/aromatic N) is 2. The molecule has 1 aromatic carbocycles. The average molecular weight is 335 g/mol. The number of rotatable bonds is 3. The molecule has 3 fully saturated rings. The summed E-state index contributed by atoms with van der Waals surface area (Å²) >= 11 is 0. The summed E-state index contributed by atoms with van der Waals surface area (Å²) < 4.78 is 5.75. The minimum Gasteiger partial charge on any atom is -0.451 e. The number of fused-ring (bicyclic) bond motifs is 3. The molecule has 3 aliphatic rings. The standard InChI is InChI=1S/C20H21N3O2/c1-13-19(14-8-10-23(13)11-9-14)22-20(24)18-7-6-17(25-18)16-5-3-2-4-15(16)12-21/h2-7,13-14,19H,8-11H2,1H3,(H,22,24). The Morgan fingerprint density at radius 1 is 1.24 bits per heavy atom. The number of hydrogen-bond acceptors (Lipinski definition) is 4. The van der Waals surface area contributed by atoms with Crippen molar-refractivity contribution >= 4 is 5.91 Å². The third kappa shape index (κ3) is 2.83. The number of piperidine rings is 3. The van der Waals surface area contributed by atoms with Gasteiger partial charge >= 0.3 is 0 Å². The van der Waals surface area contributed by atoms with E-state index >= 15 is 0 Å². The highest BCUT2D eigenvalue weighted by atomic mass is 16.3. The van der Waals surface area contributed by atoms with Crippen LogP contribution in [0.5, 0.6) is 0 Å². The average Bonchev–Trinajstić information content (AvgIpc) is 3.15. The molecule has 4 heterocycles. The van der Waals surface area contributed by atoms with Crippen LogP contribution in [0.2, 0.25) is 0 Å². The molecule has 3 saturated heterocycles. The van der Waals surface area contributed by atoms with Crippen molar-refractivity contribution in [2.45, 2.75) is 31.8 Å². The Balaban J connectivity index is 1.52. The molecule has 5 rings (SSSR count). The lowest BCUT2D eigenvalue weighted by atomic mass is 9.79. The van der Waals surface area contributed by atoms with Gasteiger partial charge in [0.1, 0.15) is 5.76 Å². The summed E-state index contributed by atoms with van der Waals surface area (Å²) in [6.45, 7) is 4.45. The van der Waals surface area contributed by atoms with Crippen molar-refractivity contribution in [1.82, 2.24) is 10.2 Å². The quantitative estimate of drug-likeness (QED) is 0.936. The topological polar surface area (TPSA) is 69.3 Å². The minimum absolute atomic E-state index is 0.175. The molecule has 5 nitrogen and oxygen atoms in total. The zero-order valence-corrected chi connectivity index (χ0v) is 14.2. The first-order valence-electron chi connectivity index (χ1n) is 8.81. The molecule has 3 aliphatic heterocycles. The van der Waals surface area contributed by atoms with E-state index in [9.17, 15) is 10.1 Å². The molecule has 5 heteroatoms. The molecule has 2 atom stereocenters. The van der Waals surface area contributed by atoms with E-state index in [0.29, 0.717) is 34.6 Å². The van der Waals surface area contributed by atoms with Gasteiger partial charge in [0.15, 0.2) is 5.76 Å². The SMILES string of the molecule is CC1C(NC(=O)c2ccc(-c3ccccc3C#N)o2)C2CCN1CC2. The molecule has 1 N–H and O–H groups in total. The highest BCUT2D eigenvalue weighted by Gasteiger charge is 2.40. The number of nitriles is 1. The van der Waals surface area contributed by atoms with Crippen LogP contribution < -0.4 is 5.32 Å². The Bertz CT molecular complexity index is 825. The van der Waals surface area contributed by atoms with Crippen LogP contribution in [0, 0.1) is 17.2 Å². The summed E-state index contributed by atoms with van der Waals surface area (Å²) in [5.74, 6) is 1.22. The molecule has 0 aliphatic carbocycles. The number of carbonyl (C=O) groups excluding carboxylic acids is 1. The Morgan fingerprint density at radius 3 is 2.72 bits per heavy atom. The Labute approximate surface area is 147 Å². The summed E-state index contributed by atoms with van der Waals surface area (Å²) in [6.07, 6.45) is 2.29. The fourth-order valence-electron chi connectivity index (χ4n) is 4.17. The van der Waals surface area contributed by atoms with Crippen molar-refractivity contribution < 1.29 is 9.21 Å². The zero-order chi connectivity index (χ0) is 17.4. The fourth-order valence-corrected chi connectivity index (χ4v) is 4.17. The van der Waals surface area contributed by atoms with Crippen LogP contribution in [0.15, 0.2) is 40.8 Å². The molecule has 2 aromatic rings. The van der Waals surface area contributed by atoms with Crippen molar-refractivity contribution in [3.05, 3.63) is 47.7 Å². The lowest BCUT2D eigenvalue weighted by Crippen LogP contribution is -2.62. The van der Waals surface area contributed by atoms with Gasteiger partial charge in [-0.3, -0.25) is 9.69 Å². The van der Waals surface area contributed by atoms with Crippen LogP contribution in [-0.4, -0.2) is 36.0 Å². The van der Waals surface area contributed by atoms with Crippen LogP contribution in [0.1, 0.15) is 35.9 Å². The lowest BCUT2D eigenvalue weighted by Gasteiger charge is -2.49. The van der Waals surface area contributed by atoms with Gasteiger partial charge in [-0.25, -0.2) is 0 Å². The fraction of sp³-hybridized carbons (Fsp3) is 0.400. The summed E-state index contributed by atoms with van der Waals surface area (Å²) in [4.78, 5) is 15.1. The molecule has 128 valence electrons. The molecule has 25 heavy (non-hydrogen) atoms. The van der Waals surface area contributed by atoms with E-state index in [2.05, 4.69) is 23.2 Å². The van der Waals surface area contributed by atoms with Crippen LogP contribution in [0.25, 0.3) is 11.3 Å². The van der Waals surface area contributed by atoms with Crippen molar-refractivity contribution in [3.63, 3.8) is 0 Å². The molecule has 0 saturated carbocycles. The second kappa shape index (κ2) is 6.38. The molecule has 0 spiro atoms. The number of hydrogen-bond donors (Lipinski definition) is 1. The van der Waals surface area contributed by atoms with Gasteiger partial charge in [-0.15, -0.1) is 0 Å². The van der Waals surface area contributed by atoms with E-state index < -0.39 is 0 Å². The molecular formula is C20H21N3O2. The minimum atomic E-state index is -0.175. The molecule has 1 amide bonds. The van der Waals surface area contributed by atoms with E-state index in [-0.39, 0.29) is 11.9 Å². The van der Waals surface area contributed by atoms with Crippen molar-refractivity contribution in [2.24, 2.45) is 5.92 Å². The van der Waals surface area contributed by atoms with Gasteiger partial charge < -0.3 is 9.73 Å². The zero-order valence-electron chi connectivity index (χ0n) is 14.2. The van der Waals surface area contributed by atoms with Crippen molar-refractivity contribution in [2.75, 3.05) is 13.1 Å². The summed E-state index contributed by atoms with van der Waals surface area (Å²) in [5.41, 5.74) is 1.25. The summed E-state index contributed by atoms with van der Waals surface area (Å²) in [6, 6.07) is 13.4. The van der Waals surface area contributed by atoms with Crippen LogP contribution in [-0.2, 0) is 0 Å². The molecule has 2 unspecified atom stereocenters. The van der Waals surface area contributed by atoms with E-state index in [0.717, 1.165) is 25.9 Å². The normalized spacial score (nSPS) is 27.7. The number of amides is 1. The third-order valence-corrected chi connectivity index (χ3v) is 5.62. The lowest BCUT2D eigenvalue weighted by molar-refractivity contribution is 0.0211. The van der Waals surface area contributed by atoms with Crippen molar-refractivity contribution in [1.29, 1.82) is 5.26 Å².